The van der Waals surface area contributed by atoms with Crippen LogP contribution in [0.3, 0.4) is 0 Å². The average molecular weight is 631 g/mol. The van der Waals surface area contributed by atoms with Gasteiger partial charge in [0.1, 0.15) is 5.75 Å². The molecule has 0 saturated heterocycles. The van der Waals surface area contributed by atoms with Crippen LogP contribution in [-0.2, 0) is 19.4 Å². The molecule has 234 valence electrons. The predicted octanol–water partition coefficient (Wildman–Crippen LogP) is 4.69. The van der Waals surface area contributed by atoms with Crippen LogP contribution in [0, 0.1) is 17.7 Å². The molecule has 3 N–H and O–H groups in total. The molecule has 2 aliphatic rings. The molecule has 0 heterocycles. The molecule has 0 bridgehead atoms. The summed E-state index contributed by atoms with van der Waals surface area (Å²) in [5.74, 6) is -4.56. The van der Waals surface area contributed by atoms with Gasteiger partial charge in [0.2, 0.25) is 5.91 Å². The number of rotatable bonds is 9. The number of methoxy groups -OCH3 is 1. The minimum Gasteiger partial charge on any atom is -0.496 e. The third-order valence-electron chi connectivity index (χ3n) is 7.70. The van der Waals surface area contributed by atoms with Crippen LogP contribution >= 0.6 is 0 Å². The number of carbonyl (C=O) groups excluding carboxylic acids is 2. The lowest BCUT2D eigenvalue weighted by atomic mass is 9.87. The third-order valence-corrected chi connectivity index (χ3v) is 9.19. The number of carboxylic acid groups (broad SMARTS) is 1. The smallest absolute Gasteiger partial charge is 0.496 e. The number of hydrogen-bond donors (Lipinski definition) is 3. The Morgan fingerprint density at radius 1 is 0.977 bits per heavy atom. The van der Waals surface area contributed by atoms with Crippen LogP contribution in [0.15, 0.2) is 41.3 Å². The van der Waals surface area contributed by atoms with Crippen LogP contribution < -0.4 is 20.1 Å². The van der Waals surface area contributed by atoms with Gasteiger partial charge in [-0.25, -0.2) is 12.8 Å². The summed E-state index contributed by atoms with van der Waals surface area (Å²) in [6.45, 7) is 0. The summed E-state index contributed by atoms with van der Waals surface area (Å²) < 4.78 is 88.1. The molecule has 2 atom stereocenters. The average Bonchev–Trinajstić information content (AvgIpc) is 3.42. The molecule has 0 radical (unpaired) electrons. The summed E-state index contributed by atoms with van der Waals surface area (Å²) in [6.07, 6.45) is 2.37. The van der Waals surface area contributed by atoms with E-state index in [1.54, 1.807) is 0 Å². The highest BCUT2D eigenvalue weighted by Crippen LogP contribution is 2.35. The molecule has 0 unspecified atom stereocenters. The number of benzene rings is 2. The Morgan fingerprint density at radius 2 is 1.67 bits per heavy atom. The third kappa shape index (κ3) is 7.20. The zero-order valence-corrected chi connectivity index (χ0v) is 23.8. The molecule has 2 fully saturated rings. The predicted molar refractivity (Wildman–Crippen MR) is 144 cm³/mol. The Labute approximate surface area is 244 Å². The Kier molecular flexibility index (Phi) is 9.52. The van der Waals surface area contributed by atoms with Crippen molar-refractivity contribution < 1.29 is 54.9 Å². The number of anilines is 1. The lowest BCUT2D eigenvalue weighted by Crippen LogP contribution is -2.42. The number of alkyl halides is 3. The summed E-state index contributed by atoms with van der Waals surface area (Å²) in [6, 6.07) is 5.28. The molecule has 2 amide bonds. The molecule has 2 saturated carbocycles. The molecule has 0 aliphatic heterocycles. The van der Waals surface area contributed by atoms with Crippen molar-refractivity contribution in [2.75, 3.05) is 12.4 Å². The van der Waals surface area contributed by atoms with Crippen molar-refractivity contribution in [3.8, 4) is 11.5 Å². The fraction of sp³-hybridized carbons (Fsp3) is 0.464. The number of carbonyl (C=O) groups is 3. The Balaban J connectivity index is 1.46. The van der Waals surface area contributed by atoms with Gasteiger partial charge in [-0.05, 0) is 62.8 Å². The van der Waals surface area contributed by atoms with Gasteiger partial charge in [0.25, 0.3) is 15.7 Å². The van der Waals surface area contributed by atoms with Gasteiger partial charge in [-0.15, -0.1) is 0 Å². The zero-order valence-electron chi connectivity index (χ0n) is 22.9. The summed E-state index contributed by atoms with van der Waals surface area (Å²) in [5, 5.41) is 14.4. The maximum atomic E-state index is 14.8. The van der Waals surface area contributed by atoms with Crippen LogP contribution in [0.25, 0.3) is 0 Å². The standard InChI is InChI=1S/C28H30F4N2O8S/c1-41-23-14-21(29)24(42-17-10-8-15(9-11-17)27(37)38)13-20(23)26(36)34-22-7-3-6-19(22)25(35)33-16-4-2-5-18(12-16)43(39,40)28(30,31)32/h2,4-5,12-15,17,19,22H,3,6-11H2,1H3,(H,33,35)(H,34,36)(H,37,38)/t15?,17?,19-,22+/m0/s1. The highest BCUT2D eigenvalue weighted by molar-refractivity contribution is 7.92. The molecular weight excluding hydrogens is 600 g/mol. The number of hydrogen-bond acceptors (Lipinski definition) is 7. The van der Waals surface area contributed by atoms with Crippen molar-refractivity contribution in [3.05, 3.63) is 47.8 Å². The first-order valence-electron chi connectivity index (χ1n) is 13.5. The number of halogens is 4. The molecule has 2 aromatic carbocycles. The van der Waals surface area contributed by atoms with E-state index in [-0.39, 0.29) is 22.7 Å². The van der Waals surface area contributed by atoms with E-state index in [0.29, 0.717) is 51.0 Å². The van der Waals surface area contributed by atoms with Crippen molar-refractivity contribution in [2.24, 2.45) is 11.8 Å². The number of nitrogens with one attached hydrogen (secondary N) is 2. The van der Waals surface area contributed by atoms with Gasteiger partial charge >= 0.3 is 11.5 Å². The molecular formula is C28H30F4N2O8S. The first-order chi connectivity index (χ1) is 20.2. The first kappa shape index (κ1) is 32.0. The van der Waals surface area contributed by atoms with E-state index in [0.717, 1.165) is 18.2 Å². The van der Waals surface area contributed by atoms with E-state index in [2.05, 4.69) is 10.6 Å². The molecule has 15 heteroatoms. The molecule has 43 heavy (non-hydrogen) atoms. The SMILES string of the molecule is COc1cc(F)c(OC2CCC(C(=O)O)CC2)cc1C(=O)N[C@@H]1CCC[C@@H]1C(=O)Nc1cccc(S(=O)(=O)C(F)(F)F)c1. The fourth-order valence-electron chi connectivity index (χ4n) is 5.38. The lowest BCUT2D eigenvalue weighted by molar-refractivity contribution is -0.143. The van der Waals surface area contributed by atoms with E-state index in [9.17, 15) is 45.5 Å². The Bertz CT molecular complexity index is 1490. The van der Waals surface area contributed by atoms with Crippen molar-refractivity contribution in [1.29, 1.82) is 0 Å². The van der Waals surface area contributed by atoms with Gasteiger partial charge in [-0.3, -0.25) is 14.4 Å². The quantitative estimate of drug-likeness (QED) is 0.338. The zero-order chi connectivity index (χ0) is 31.5. The Morgan fingerprint density at radius 3 is 2.30 bits per heavy atom. The highest BCUT2D eigenvalue weighted by Gasteiger charge is 2.47. The van der Waals surface area contributed by atoms with E-state index >= 15 is 0 Å². The normalized spacial score (nSPS) is 22.4. The Hall–Kier alpha value is -3.88. The summed E-state index contributed by atoms with van der Waals surface area (Å²) in [7, 11) is -4.37. The molecule has 0 aromatic heterocycles. The second kappa shape index (κ2) is 12.8. The highest BCUT2D eigenvalue weighted by atomic mass is 32.2. The van der Waals surface area contributed by atoms with Crippen molar-refractivity contribution in [1.82, 2.24) is 5.32 Å². The van der Waals surface area contributed by atoms with Crippen LogP contribution in [-0.4, -0.2) is 56.1 Å². The molecule has 2 aliphatic carbocycles. The van der Waals surface area contributed by atoms with Gasteiger partial charge in [0, 0.05) is 17.8 Å². The monoisotopic (exact) mass is 630 g/mol. The largest absolute Gasteiger partial charge is 0.501 e. The molecule has 0 spiro atoms. The van der Waals surface area contributed by atoms with Crippen LogP contribution in [0.1, 0.15) is 55.3 Å². The minimum atomic E-state index is -5.62. The van der Waals surface area contributed by atoms with Crippen LogP contribution in [0.5, 0.6) is 11.5 Å². The van der Waals surface area contributed by atoms with Crippen molar-refractivity contribution in [2.45, 2.75) is 67.5 Å². The summed E-state index contributed by atoms with van der Waals surface area (Å²) in [4.78, 5) is 36.5. The maximum absolute atomic E-state index is 14.8. The van der Waals surface area contributed by atoms with Crippen LogP contribution in [0.2, 0.25) is 0 Å². The number of amides is 2. The van der Waals surface area contributed by atoms with Gasteiger partial charge in [-0.1, -0.05) is 12.5 Å². The number of ether oxygens (including phenoxy) is 2. The topological polar surface area (TPSA) is 148 Å². The second-order valence-corrected chi connectivity index (χ2v) is 12.4. The van der Waals surface area contributed by atoms with E-state index in [4.69, 9.17) is 9.47 Å². The minimum absolute atomic E-state index is 0.0609. The van der Waals surface area contributed by atoms with Gasteiger partial charge in [0.05, 0.1) is 35.5 Å². The van der Waals surface area contributed by atoms with Gasteiger partial charge in [0.15, 0.2) is 11.6 Å². The van der Waals surface area contributed by atoms with E-state index < -0.39 is 67.8 Å². The van der Waals surface area contributed by atoms with E-state index in [1.807, 2.05) is 0 Å². The van der Waals surface area contributed by atoms with Crippen molar-refractivity contribution >= 4 is 33.3 Å². The van der Waals surface area contributed by atoms with Gasteiger partial charge in [-0.2, -0.15) is 13.2 Å². The fourth-order valence-corrected chi connectivity index (χ4v) is 6.19. The number of sulfone groups is 1. The molecule has 2 aromatic rings. The van der Waals surface area contributed by atoms with Gasteiger partial charge < -0.3 is 25.2 Å². The number of aliphatic carboxylic acids is 1. The molecule has 10 nitrogen and oxygen atoms in total. The summed E-state index contributed by atoms with van der Waals surface area (Å²) in [5.41, 5.74) is -5.73. The number of carboxylic acids is 1. The second-order valence-electron chi connectivity index (χ2n) is 10.5. The maximum Gasteiger partial charge on any atom is 0.501 e. The summed E-state index contributed by atoms with van der Waals surface area (Å²) >= 11 is 0. The lowest BCUT2D eigenvalue weighted by Gasteiger charge is -2.27. The van der Waals surface area contributed by atoms with Crippen molar-refractivity contribution in [3.63, 3.8) is 0 Å². The first-order valence-corrected chi connectivity index (χ1v) is 15.0. The van der Waals surface area contributed by atoms with Crippen LogP contribution in [0.4, 0.5) is 23.2 Å². The van der Waals surface area contributed by atoms with E-state index in [1.165, 1.54) is 19.2 Å². The molecule has 4 rings (SSSR count).